The molecule has 0 saturated heterocycles. The Morgan fingerprint density at radius 1 is 1.38 bits per heavy atom. The highest BCUT2D eigenvalue weighted by Crippen LogP contribution is 2.19. The third-order valence-electron chi connectivity index (χ3n) is 2.27. The monoisotopic (exact) mass is 200 g/mol. The molecule has 0 aliphatic rings. The van der Waals surface area contributed by atoms with Crippen molar-refractivity contribution < 1.29 is 0 Å². The zero-order valence-corrected chi connectivity index (χ0v) is 9.36. The Balaban J connectivity index is 2.82. The fourth-order valence-electron chi connectivity index (χ4n) is 1.37. The van der Waals surface area contributed by atoms with E-state index in [0.717, 1.165) is 35.8 Å². The minimum absolute atomic E-state index is 0.810. The van der Waals surface area contributed by atoms with E-state index in [-0.39, 0.29) is 0 Å². The summed E-state index contributed by atoms with van der Waals surface area (Å²) in [6.45, 7) is 7.26. The number of aryl methyl sites for hydroxylation is 2. The van der Waals surface area contributed by atoms with E-state index in [1.165, 1.54) is 6.42 Å². The van der Waals surface area contributed by atoms with Crippen molar-refractivity contribution in [1.29, 1.82) is 0 Å². The van der Waals surface area contributed by atoms with Gasteiger partial charge in [0.1, 0.15) is 5.15 Å². The van der Waals surface area contributed by atoms with Crippen LogP contribution in [0.4, 0.5) is 0 Å². The van der Waals surface area contributed by atoms with Crippen molar-refractivity contribution in [2.45, 2.75) is 46.6 Å². The molecule has 3 heteroatoms. The van der Waals surface area contributed by atoms with Crippen LogP contribution < -0.4 is 0 Å². The zero-order chi connectivity index (χ0) is 9.84. The molecule has 0 N–H and O–H groups in total. The minimum Gasteiger partial charge on any atom is -0.253 e. The van der Waals surface area contributed by atoms with Crippen molar-refractivity contribution in [3.8, 4) is 0 Å². The highest BCUT2D eigenvalue weighted by molar-refractivity contribution is 6.30. The van der Waals surface area contributed by atoms with E-state index in [0.29, 0.717) is 0 Å². The maximum atomic E-state index is 6.13. The van der Waals surface area contributed by atoms with Crippen LogP contribution in [0.25, 0.3) is 0 Å². The Morgan fingerprint density at radius 3 is 2.54 bits per heavy atom. The first-order valence-electron chi connectivity index (χ1n) is 4.92. The van der Waals surface area contributed by atoms with Crippen molar-refractivity contribution in [3.63, 3.8) is 0 Å². The normalized spacial score (nSPS) is 10.8. The maximum Gasteiger partial charge on any atom is 0.130 e. The molecule has 0 saturated carbocycles. The number of hydrogen-bond donors (Lipinski definition) is 0. The number of aromatic nitrogens is 2. The Kier molecular flexibility index (Phi) is 3.79. The second-order valence-corrected chi connectivity index (χ2v) is 3.65. The molecule has 1 aromatic heterocycles. The van der Waals surface area contributed by atoms with E-state index >= 15 is 0 Å². The van der Waals surface area contributed by atoms with E-state index in [4.69, 9.17) is 11.6 Å². The van der Waals surface area contributed by atoms with E-state index in [1.807, 2.05) is 11.6 Å². The van der Waals surface area contributed by atoms with E-state index in [1.54, 1.807) is 0 Å². The topological polar surface area (TPSA) is 17.8 Å². The van der Waals surface area contributed by atoms with Gasteiger partial charge >= 0.3 is 0 Å². The number of unbranched alkanes of at least 4 members (excludes halogenated alkanes) is 1. The van der Waals surface area contributed by atoms with Crippen LogP contribution in [-0.4, -0.2) is 9.78 Å². The number of hydrogen-bond acceptors (Lipinski definition) is 1. The summed E-state index contributed by atoms with van der Waals surface area (Å²) in [4.78, 5) is 0. The SMILES string of the molecule is CCCCn1nc(CC)c(C)c1Cl. The van der Waals surface area contributed by atoms with Crippen LogP contribution in [0.5, 0.6) is 0 Å². The van der Waals surface area contributed by atoms with Gasteiger partial charge in [-0.1, -0.05) is 31.9 Å². The summed E-state index contributed by atoms with van der Waals surface area (Å²) in [7, 11) is 0. The molecule has 0 amide bonds. The molecule has 0 atom stereocenters. The lowest BCUT2D eigenvalue weighted by atomic mass is 10.2. The van der Waals surface area contributed by atoms with Gasteiger partial charge in [-0.15, -0.1) is 0 Å². The van der Waals surface area contributed by atoms with Gasteiger partial charge in [-0.25, -0.2) is 0 Å². The molecule has 0 aromatic carbocycles. The lowest BCUT2D eigenvalue weighted by Crippen LogP contribution is -2.00. The molecule has 1 aromatic rings. The average molecular weight is 201 g/mol. The predicted octanol–water partition coefficient (Wildman–Crippen LogP) is 3.21. The molecule has 0 unspecified atom stereocenters. The lowest BCUT2D eigenvalue weighted by molar-refractivity contribution is 0.566. The van der Waals surface area contributed by atoms with E-state index < -0.39 is 0 Å². The lowest BCUT2D eigenvalue weighted by Gasteiger charge is -2.00. The summed E-state index contributed by atoms with van der Waals surface area (Å²) in [5, 5.41) is 5.26. The Labute approximate surface area is 84.9 Å². The van der Waals surface area contributed by atoms with Gasteiger partial charge in [0, 0.05) is 12.1 Å². The van der Waals surface area contributed by atoms with Gasteiger partial charge in [-0.05, 0) is 19.8 Å². The predicted molar refractivity (Wildman–Crippen MR) is 56.3 cm³/mol. The molecule has 0 fully saturated rings. The first kappa shape index (κ1) is 10.6. The summed E-state index contributed by atoms with van der Waals surface area (Å²) in [5.74, 6) is 0. The molecule has 1 heterocycles. The third-order valence-corrected chi connectivity index (χ3v) is 2.75. The molecular formula is C10H17ClN2. The average Bonchev–Trinajstić information content (AvgIpc) is 2.41. The van der Waals surface area contributed by atoms with Gasteiger partial charge in [0.15, 0.2) is 0 Å². The number of nitrogens with zero attached hydrogens (tertiary/aromatic N) is 2. The fraction of sp³-hybridized carbons (Fsp3) is 0.700. The molecule has 1 rings (SSSR count). The summed E-state index contributed by atoms with van der Waals surface area (Å²) in [6.07, 6.45) is 3.28. The molecule has 0 spiro atoms. The zero-order valence-electron chi connectivity index (χ0n) is 8.60. The largest absolute Gasteiger partial charge is 0.253 e. The van der Waals surface area contributed by atoms with Gasteiger partial charge in [0.25, 0.3) is 0 Å². The van der Waals surface area contributed by atoms with E-state index in [9.17, 15) is 0 Å². The molecule has 0 aliphatic heterocycles. The standard InChI is InChI=1S/C10H17ClN2/c1-4-6-7-13-10(11)8(3)9(5-2)12-13/h4-7H2,1-3H3. The van der Waals surface area contributed by atoms with Crippen LogP contribution in [-0.2, 0) is 13.0 Å². The maximum absolute atomic E-state index is 6.13. The van der Waals surface area contributed by atoms with Crippen LogP contribution in [0.1, 0.15) is 37.9 Å². The van der Waals surface area contributed by atoms with Gasteiger partial charge in [-0.2, -0.15) is 5.10 Å². The fourth-order valence-corrected chi connectivity index (χ4v) is 1.60. The Bertz CT molecular complexity index is 279. The molecule has 13 heavy (non-hydrogen) atoms. The second-order valence-electron chi connectivity index (χ2n) is 3.29. The molecule has 0 radical (unpaired) electrons. The second kappa shape index (κ2) is 4.66. The van der Waals surface area contributed by atoms with Gasteiger partial charge in [0.2, 0.25) is 0 Å². The molecular weight excluding hydrogens is 184 g/mol. The van der Waals surface area contributed by atoms with Crippen LogP contribution >= 0.6 is 11.6 Å². The highest BCUT2D eigenvalue weighted by atomic mass is 35.5. The molecule has 2 nitrogen and oxygen atoms in total. The molecule has 74 valence electrons. The van der Waals surface area contributed by atoms with E-state index in [2.05, 4.69) is 18.9 Å². The van der Waals surface area contributed by atoms with Crippen LogP contribution in [0.3, 0.4) is 0 Å². The molecule has 0 bridgehead atoms. The summed E-state index contributed by atoms with van der Waals surface area (Å²) in [5.41, 5.74) is 2.27. The summed E-state index contributed by atoms with van der Waals surface area (Å²) >= 11 is 6.13. The van der Waals surface area contributed by atoms with Gasteiger partial charge < -0.3 is 0 Å². The number of rotatable bonds is 4. The van der Waals surface area contributed by atoms with Crippen molar-refractivity contribution in [3.05, 3.63) is 16.4 Å². The quantitative estimate of drug-likeness (QED) is 0.730. The minimum atomic E-state index is 0.810. The third kappa shape index (κ3) is 2.25. The Hall–Kier alpha value is -0.500. The van der Waals surface area contributed by atoms with Crippen molar-refractivity contribution in [2.75, 3.05) is 0 Å². The summed E-state index contributed by atoms with van der Waals surface area (Å²) < 4.78 is 1.92. The van der Waals surface area contributed by atoms with Crippen molar-refractivity contribution >= 4 is 11.6 Å². The smallest absolute Gasteiger partial charge is 0.130 e. The highest BCUT2D eigenvalue weighted by Gasteiger charge is 2.09. The van der Waals surface area contributed by atoms with Crippen LogP contribution in [0.15, 0.2) is 0 Å². The van der Waals surface area contributed by atoms with Gasteiger partial charge in [0.05, 0.1) is 5.69 Å². The van der Waals surface area contributed by atoms with Crippen molar-refractivity contribution in [1.82, 2.24) is 9.78 Å². The van der Waals surface area contributed by atoms with Crippen LogP contribution in [0, 0.1) is 6.92 Å². The first-order valence-corrected chi connectivity index (χ1v) is 5.30. The Morgan fingerprint density at radius 2 is 2.08 bits per heavy atom. The van der Waals surface area contributed by atoms with Crippen LogP contribution in [0.2, 0.25) is 5.15 Å². The number of halogens is 1. The first-order chi connectivity index (χ1) is 6.20. The van der Waals surface area contributed by atoms with Crippen molar-refractivity contribution in [2.24, 2.45) is 0 Å². The summed E-state index contributed by atoms with van der Waals surface area (Å²) in [6, 6.07) is 0. The molecule has 0 aliphatic carbocycles. The van der Waals surface area contributed by atoms with Gasteiger partial charge in [-0.3, -0.25) is 4.68 Å².